The van der Waals surface area contributed by atoms with E-state index in [-0.39, 0.29) is 4.90 Å². The van der Waals surface area contributed by atoms with Crippen LogP contribution in [0.4, 0.5) is 11.5 Å². The zero-order valence-electron chi connectivity index (χ0n) is 11.3. The Labute approximate surface area is 123 Å². The van der Waals surface area contributed by atoms with Crippen LogP contribution in [0.5, 0.6) is 0 Å². The second kappa shape index (κ2) is 5.38. The Hall–Kier alpha value is -1.66. The molecule has 0 atom stereocenters. The number of hydrogen-bond acceptors (Lipinski definition) is 5. The van der Waals surface area contributed by atoms with Crippen LogP contribution in [-0.2, 0) is 9.84 Å². The van der Waals surface area contributed by atoms with Crippen LogP contribution in [0.3, 0.4) is 0 Å². The lowest BCUT2D eigenvalue weighted by atomic mass is 10.3. The molecular formula is C13H14ClN3O2S. The molecule has 0 aliphatic rings. The summed E-state index contributed by atoms with van der Waals surface area (Å²) < 4.78 is 22.8. The number of nitrogens with zero attached hydrogens (tertiary/aromatic N) is 2. The summed E-state index contributed by atoms with van der Waals surface area (Å²) in [4.78, 5) is 8.61. The number of aromatic nitrogens is 2. The first-order valence-corrected chi connectivity index (χ1v) is 8.12. The molecule has 0 radical (unpaired) electrons. The van der Waals surface area contributed by atoms with Crippen molar-refractivity contribution in [3.05, 3.63) is 40.8 Å². The van der Waals surface area contributed by atoms with Gasteiger partial charge < -0.3 is 5.32 Å². The van der Waals surface area contributed by atoms with Crippen LogP contribution in [-0.4, -0.2) is 24.6 Å². The predicted molar refractivity (Wildman–Crippen MR) is 79.4 cm³/mol. The van der Waals surface area contributed by atoms with Gasteiger partial charge >= 0.3 is 0 Å². The fourth-order valence-corrected chi connectivity index (χ4v) is 2.48. The number of anilines is 2. The average Bonchev–Trinajstić information content (AvgIpc) is 2.35. The van der Waals surface area contributed by atoms with E-state index in [1.165, 1.54) is 6.26 Å². The summed E-state index contributed by atoms with van der Waals surface area (Å²) in [6.45, 7) is 3.57. The number of nitrogens with one attached hydrogen (secondary N) is 1. The fourth-order valence-electron chi connectivity index (χ4n) is 1.64. The first kappa shape index (κ1) is 14.7. The van der Waals surface area contributed by atoms with Gasteiger partial charge in [0.25, 0.3) is 0 Å². The lowest BCUT2D eigenvalue weighted by molar-refractivity contribution is 0.602. The molecule has 2 aromatic rings. The van der Waals surface area contributed by atoms with Crippen molar-refractivity contribution in [2.24, 2.45) is 0 Å². The number of hydrogen-bond donors (Lipinski definition) is 1. The second-order valence-electron chi connectivity index (χ2n) is 4.46. The molecule has 0 bridgehead atoms. The van der Waals surface area contributed by atoms with Gasteiger partial charge in [-0.25, -0.2) is 18.4 Å². The van der Waals surface area contributed by atoms with Gasteiger partial charge in [-0.15, -0.1) is 0 Å². The van der Waals surface area contributed by atoms with Gasteiger partial charge in [-0.2, -0.15) is 0 Å². The summed E-state index contributed by atoms with van der Waals surface area (Å²) in [5.41, 5.74) is 1.47. The molecule has 1 N–H and O–H groups in total. The number of sulfone groups is 1. The van der Waals surface area contributed by atoms with Gasteiger partial charge in [-0.3, -0.25) is 0 Å². The first-order valence-electron chi connectivity index (χ1n) is 5.85. The molecule has 1 heterocycles. The smallest absolute Gasteiger partial charge is 0.175 e. The summed E-state index contributed by atoms with van der Waals surface area (Å²) in [7, 11) is -3.19. The maximum atomic E-state index is 11.4. The number of aryl methyl sites for hydroxylation is 1. The van der Waals surface area contributed by atoms with Gasteiger partial charge in [0, 0.05) is 17.5 Å². The lowest BCUT2D eigenvalue weighted by Crippen LogP contribution is -2.02. The standard InChI is InChI=1S/C13H14ClN3O2S/c1-8-12(14)15-9(2)16-13(8)17-10-4-6-11(7-5-10)20(3,18)19/h4-7H,1-3H3,(H,15,16,17). The Morgan fingerprint density at radius 1 is 1.10 bits per heavy atom. The highest BCUT2D eigenvalue weighted by Gasteiger charge is 2.09. The van der Waals surface area contributed by atoms with Crippen LogP contribution in [0.2, 0.25) is 5.15 Å². The minimum absolute atomic E-state index is 0.275. The third-order valence-corrected chi connectivity index (χ3v) is 4.24. The molecule has 5 nitrogen and oxygen atoms in total. The average molecular weight is 312 g/mol. The highest BCUT2D eigenvalue weighted by molar-refractivity contribution is 7.90. The Morgan fingerprint density at radius 2 is 1.70 bits per heavy atom. The van der Waals surface area contributed by atoms with Crippen molar-refractivity contribution in [3.63, 3.8) is 0 Å². The Morgan fingerprint density at radius 3 is 2.25 bits per heavy atom. The minimum Gasteiger partial charge on any atom is -0.340 e. The molecular weight excluding hydrogens is 298 g/mol. The molecule has 106 valence electrons. The molecule has 7 heteroatoms. The zero-order valence-corrected chi connectivity index (χ0v) is 12.9. The SMILES string of the molecule is Cc1nc(Cl)c(C)c(Nc2ccc(S(C)(=O)=O)cc2)n1. The van der Waals surface area contributed by atoms with E-state index in [1.54, 1.807) is 31.2 Å². The third kappa shape index (κ3) is 3.26. The molecule has 0 saturated carbocycles. The molecule has 1 aromatic heterocycles. The van der Waals surface area contributed by atoms with Crippen molar-refractivity contribution >= 4 is 32.9 Å². The highest BCUT2D eigenvalue weighted by Crippen LogP contribution is 2.24. The van der Waals surface area contributed by atoms with Crippen LogP contribution < -0.4 is 5.32 Å². The van der Waals surface area contributed by atoms with Crippen LogP contribution in [0.1, 0.15) is 11.4 Å². The normalized spacial score (nSPS) is 11.4. The minimum atomic E-state index is -3.19. The van der Waals surface area contributed by atoms with Crippen molar-refractivity contribution in [1.29, 1.82) is 0 Å². The number of rotatable bonds is 3. The van der Waals surface area contributed by atoms with E-state index in [0.717, 1.165) is 11.3 Å². The highest BCUT2D eigenvalue weighted by atomic mass is 35.5. The molecule has 20 heavy (non-hydrogen) atoms. The summed E-state index contributed by atoms with van der Waals surface area (Å²) in [6.07, 6.45) is 1.17. The van der Waals surface area contributed by atoms with E-state index < -0.39 is 9.84 Å². The van der Waals surface area contributed by atoms with E-state index in [9.17, 15) is 8.42 Å². The van der Waals surface area contributed by atoms with Gasteiger partial charge in [-0.1, -0.05) is 11.6 Å². The molecule has 0 amide bonds. The molecule has 2 rings (SSSR count). The van der Waals surface area contributed by atoms with Crippen LogP contribution in [0.15, 0.2) is 29.2 Å². The molecule has 1 aromatic carbocycles. The monoisotopic (exact) mass is 311 g/mol. The summed E-state index contributed by atoms with van der Waals surface area (Å²) in [6, 6.07) is 6.45. The van der Waals surface area contributed by atoms with Gasteiger partial charge in [0.15, 0.2) is 9.84 Å². The van der Waals surface area contributed by atoms with E-state index in [4.69, 9.17) is 11.6 Å². The van der Waals surface area contributed by atoms with Crippen molar-refractivity contribution in [3.8, 4) is 0 Å². The lowest BCUT2D eigenvalue weighted by Gasteiger charge is -2.10. The van der Waals surface area contributed by atoms with Gasteiger partial charge in [0.1, 0.15) is 16.8 Å². The van der Waals surface area contributed by atoms with Crippen molar-refractivity contribution < 1.29 is 8.42 Å². The summed E-state index contributed by atoms with van der Waals surface area (Å²) >= 11 is 6.00. The first-order chi connectivity index (χ1) is 9.27. The maximum absolute atomic E-state index is 11.4. The van der Waals surface area contributed by atoms with Crippen molar-refractivity contribution in [2.75, 3.05) is 11.6 Å². The molecule has 0 spiro atoms. The van der Waals surface area contributed by atoms with E-state index in [0.29, 0.717) is 16.8 Å². The van der Waals surface area contributed by atoms with Gasteiger partial charge in [-0.05, 0) is 38.1 Å². The topological polar surface area (TPSA) is 72.0 Å². The van der Waals surface area contributed by atoms with Crippen LogP contribution in [0, 0.1) is 13.8 Å². The van der Waals surface area contributed by atoms with E-state index >= 15 is 0 Å². The third-order valence-electron chi connectivity index (χ3n) is 2.74. The number of halogens is 1. The number of benzene rings is 1. The molecule has 0 aliphatic heterocycles. The molecule has 0 aliphatic carbocycles. The Balaban J connectivity index is 2.32. The molecule has 0 saturated heterocycles. The molecule has 0 fully saturated rings. The van der Waals surface area contributed by atoms with E-state index in [2.05, 4.69) is 15.3 Å². The largest absolute Gasteiger partial charge is 0.340 e. The zero-order chi connectivity index (χ0) is 14.9. The summed E-state index contributed by atoms with van der Waals surface area (Å²) in [5, 5.41) is 3.50. The maximum Gasteiger partial charge on any atom is 0.175 e. The van der Waals surface area contributed by atoms with Crippen LogP contribution in [0.25, 0.3) is 0 Å². The molecule has 0 unspecified atom stereocenters. The van der Waals surface area contributed by atoms with Crippen molar-refractivity contribution in [1.82, 2.24) is 9.97 Å². The van der Waals surface area contributed by atoms with Crippen molar-refractivity contribution in [2.45, 2.75) is 18.7 Å². The van der Waals surface area contributed by atoms with Crippen LogP contribution >= 0.6 is 11.6 Å². The summed E-state index contributed by atoms with van der Waals surface area (Å²) in [5.74, 6) is 1.17. The van der Waals surface area contributed by atoms with E-state index in [1.807, 2.05) is 6.92 Å². The predicted octanol–water partition coefficient (Wildman–Crippen LogP) is 2.89. The second-order valence-corrected chi connectivity index (χ2v) is 6.83. The Bertz CT molecular complexity index is 743. The van der Waals surface area contributed by atoms with Gasteiger partial charge in [0.2, 0.25) is 0 Å². The quantitative estimate of drug-likeness (QED) is 0.882. The Kier molecular flexibility index (Phi) is 3.96. The van der Waals surface area contributed by atoms with Gasteiger partial charge in [0.05, 0.1) is 4.90 Å². The fraction of sp³-hybridized carbons (Fsp3) is 0.231.